The van der Waals surface area contributed by atoms with Crippen LogP contribution in [0.25, 0.3) is 0 Å². The van der Waals surface area contributed by atoms with Crippen LogP contribution in [0.4, 0.5) is 5.69 Å². The van der Waals surface area contributed by atoms with Crippen molar-refractivity contribution in [3.8, 4) is 6.07 Å². The fourth-order valence-electron chi connectivity index (χ4n) is 1.68. The second-order valence-electron chi connectivity index (χ2n) is 4.44. The van der Waals surface area contributed by atoms with Crippen LogP contribution in [-0.2, 0) is 4.79 Å². The monoisotopic (exact) mass is 259 g/mol. The van der Waals surface area contributed by atoms with Crippen LogP contribution in [0.1, 0.15) is 38.2 Å². The standard InChI is InChI=1S/C15H21N3O/c1-2-3-4-10-17-11-9-15(19)18-14-7-5-13(12-16)6-8-14/h5-8,17H,2-4,9-11H2,1H3,(H,18,19). The Balaban J connectivity index is 2.18. The average molecular weight is 259 g/mol. The Hall–Kier alpha value is -1.86. The maximum atomic E-state index is 11.6. The molecule has 1 aromatic carbocycles. The van der Waals surface area contributed by atoms with E-state index in [1.165, 1.54) is 12.8 Å². The molecule has 0 heterocycles. The summed E-state index contributed by atoms with van der Waals surface area (Å²) in [6.07, 6.45) is 4.06. The Labute approximate surface area is 114 Å². The minimum atomic E-state index is -0.00676. The van der Waals surface area contributed by atoms with Gasteiger partial charge in [0.05, 0.1) is 11.6 Å². The van der Waals surface area contributed by atoms with E-state index in [9.17, 15) is 4.79 Å². The highest BCUT2D eigenvalue weighted by Gasteiger charge is 2.01. The van der Waals surface area contributed by atoms with Crippen molar-refractivity contribution in [3.05, 3.63) is 29.8 Å². The molecule has 0 saturated heterocycles. The molecule has 19 heavy (non-hydrogen) atoms. The van der Waals surface area contributed by atoms with Gasteiger partial charge in [-0.1, -0.05) is 19.8 Å². The minimum absolute atomic E-state index is 0.00676. The number of amides is 1. The molecule has 0 aliphatic heterocycles. The molecule has 0 aliphatic rings. The van der Waals surface area contributed by atoms with Gasteiger partial charge in [0.15, 0.2) is 0 Å². The molecule has 0 saturated carbocycles. The number of benzene rings is 1. The molecular weight excluding hydrogens is 238 g/mol. The van der Waals surface area contributed by atoms with Gasteiger partial charge in [-0.3, -0.25) is 4.79 Å². The van der Waals surface area contributed by atoms with E-state index in [0.717, 1.165) is 18.7 Å². The molecule has 0 fully saturated rings. The number of nitrogens with one attached hydrogen (secondary N) is 2. The second-order valence-corrected chi connectivity index (χ2v) is 4.44. The van der Waals surface area contributed by atoms with Gasteiger partial charge >= 0.3 is 0 Å². The molecule has 0 bridgehead atoms. The molecule has 1 amide bonds. The topological polar surface area (TPSA) is 64.9 Å². The van der Waals surface area contributed by atoms with Gasteiger partial charge in [-0.25, -0.2) is 0 Å². The van der Waals surface area contributed by atoms with Crippen molar-refractivity contribution >= 4 is 11.6 Å². The van der Waals surface area contributed by atoms with E-state index < -0.39 is 0 Å². The van der Waals surface area contributed by atoms with Gasteiger partial charge in [0.1, 0.15) is 0 Å². The summed E-state index contributed by atoms with van der Waals surface area (Å²) >= 11 is 0. The summed E-state index contributed by atoms with van der Waals surface area (Å²) in [5.74, 6) is -0.00676. The van der Waals surface area contributed by atoms with Crippen LogP contribution >= 0.6 is 0 Å². The van der Waals surface area contributed by atoms with E-state index in [1.54, 1.807) is 24.3 Å². The Kier molecular flexibility index (Phi) is 7.30. The molecule has 0 aromatic heterocycles. The molecule has 1 aromatic rings. The normalized spacial score (nSPS) is 9.89. The van der Waals surface area contributed by atoms with E-state index in [1.807, 2.05) is 6.07 Å². The lowest BCUT2D eigenvalue weighted by atomic mass is 10.2. The number of hydrogen-bond acceptors (Lipinski definition) is 3. The lowest BCUT2D eigenvalue weighted by Gasteiger charge is -2.06. The average Bonchev–Trinajstić information content (AvgIpc) is 2.43. The smallest absolute Gasteiger partial charge is 0.225 e. The minimum Gasteiger partial charge on any atom is -0.326 e. The maximum Gasteiger partial charge on any atom is 0.225 e. The third-order valence-electron chi connectivity index (χ3n) is 2.78. The predicted octanol–water partition coefficient (Wildman–Crippen LogP) is 2.67. The zero-order valence-corrected chi connectivity index (χ0v) is 11.4. The summed E-state index contributed by atoms with van der Waals surface area (Å²) in [6, 6.07) is 8.91. The van der Waals surface area contributed by atoms with E-state index >= 15 is 0 Å². The first-order valence-electron chi connectivity index (χ1n) is 6.77. The van der Waals surface area contributed by atoms with Crippen LogP contribution < -0.4 is 10.6 Å². The lowest BCUT2D eigenvalue weighted by molar-refractivity contribution is -0.116. The van der Waals surface area contributed by atoms with Crippen LogP contribution in [0.5, 0.6) is 0 Å². The first kappa shape index (κ1) is 15.2. The molecule has 1 rings (SSSR count). The van der Waals surface area contributed by atoms with Gasteiger partial charge in [-0.2, -0.15) is 5.26 Å². The molecule has 4 nitrogen and oxygen atoms in total. The van der Waals surface area contributed by atoms with Crippen LogP contribution in [-0.4, -0.2) is 19.0 Å². The van der Waals surface area contributed by atoms with Crippen molar-refractivity contribution in [1.82, 2.24) is 5.32 Å². The Bertz CT molecular complexity index is 420. The summed E-state index contributed by atoms with van der Waals surface area (Å²) < 4.78 is 0. The van der Waals surface area contributed by atoms with E-state index in [2.05, 4.69) is 17.6 Å². The number of nitriles is 1. The molecule has 0 unspecified atom stereocenters. The number of unbranched alkanes of at least 4 members (excludes halogenated alkanes) is 2. The van der Waals surface area contributed by atoms with Crippen molar-refractivity contribution < 1.29 is 4.79 Å². The number of nitrogens with zero attached hydrogens (tertiary/aromatic N) is 1. The van der Waals surface area contributed by atoms with E-state index in [-0.39, 0.29) is 5.91 Å². The van der Waals surface area contributed by atoms with E-state index in [0.29, 0.717) is 18.5 Å². The number of carbonyl (C=O) groups excluding carboxylic acids is 1. The molecular formula is C15H21N3O. The summed E-state index contributed by atoms with van der Waals surface area (Å²) in [6.45, 7) is 3.84. The summed E-state index contributed by atoms with van der Waals surface area (Å²) in [5, 5.41) is 14.7. The van der Waals surface area contributed by atoms with Crippen molar-refractivity contribution in [2.75, 3.05) is 18.4 Å². The molecule has 2 N–H and O–H groups in total. The van der Waals surface area contributed by atoms with Crippen LogP contribution in [0.15, 0.2) is 24.3 Å². The summed E-state index contributed by atoms with van der Waals surface area (Å²) in [4.78, 5) is 11.6. The van der Waals surface area contributed by atoms with Crippen molar-refractivity contribution in [2.45, 2.75) is 32.6 Å². The largest absolute Gasteiger partial charge is 0.326 e. The Morgan fingerprint density at radius 1 is 1.21 bits per heavy atom. The summed E-state index contributed by atoms with van der Waals surface area (Å²) in [5.41, 5.74) is 1.32. The van der Waals surface area contributed by atoms with Crippen molar-refractivity contribution in [3.63, 3.8) is 0 Å². The van der Waals surface area contributed by atoms with Crippen molar-refractivity contribution in [2.24, 2.45) is 0 Å². The fourth-order valence-corrected chi connectivity index (χ4v) is 1.68. The Morgan fingerprint density at radius 3 is 2.58 bits per heavy atom. The molecule has 0 atom stereocenters. The van der Waals surface area contributed by atoms with Crippen LogP contribution in [0.3, 0.4) is 0 Å². The highest BCUT2D eigenvalue weighted by atomic mass is 16.1. The first-order chi connectivity index (χ1) is 9.26. The molecule has 0 spiro atoms. The second kappa shape index (κ2) is 9.12. The third-order valence-corrected chi connectivity index (χ3v) is 2.78. The van der Waals surface area contributed by atoms with Gasteiger partial charge < -0.3 is 10.6 Å². The van der Waals surface area contributed by atoms with Gasteiger partial charge in [0.25, 0.3) is 0 Å². The Morgan fingerprint density at radius 2 is 1.95 bits per heavy atom. The van der Waals surface area contributed by atoms with Gasteiger partial charge in [0.2, 0.25) is 5.91 Å². The highest BCUT2D eigenvalue weighted by Crippen LogP contribution is 2.08. The predicted molar refractivity (Wildman–Crippen MR) is 76.8 cm³/mol. The quantitative estimate of drug-likeness (QED) is 0.705. The van der Waals surface area contributed by atoms with Gasteiger partial charge in [-0.05, 0) is 37.2 Å². The zero-order chi connectivity index (χ0) is 13.9. The zero-order valence-electron chi connectivity index (χ0n) is 11.4. The van der Waals surface area contributed by atoms with Crippen LogP contribution in [0, 0.1) is 11.3 Å². The van der Waals surface area contributed by atoms with Gasteiger partial charge in [0, 0.05) is 18.7 Å². The SMILES string of the molecule is CCCCCNCCC(=O)Nc1ccc(C#N)cc1. The van der Waals surface area contributed by atoms with Crippen LogP contribution in [0.2, 0.25) is 0 Å². The van der Waals surface area contributed by atoms with E-state index in [4.69, 9.17) is 5.26 Å². The molecule has 0 aliphatic carbocycles. The number of anilines is 1. The number of carbonyl (C=O) groups is 1. The lowest BCUT2D eigenvalue weighted by Crippen LogP contribution is -2.22. The van der Waals surface area contributed by atoms with Gasteiger partial charge in [-0.15, -0.1) is 0 Å². The third kappa shape index (κ3) is 6.58. The first-order valence-corrected chi connectivity index (χ1v) is 6.77. The maximum absolute atomic E-state index is 11.6. The number of hydrogen-bond donors (Lipinski definition) is 2. The molecule has 4 heteroatoms. The molecule has 0 radical (unpaired) electrons. The number of rotatable bonds is 8. The van der Waals surface area contributed by atoms with Crippen molar-refractivity contribution in [1.29, 1.82) is 5.26 Å². The molecule has 102 valence electrons. The fraction of sp³-hybridized carbons (Fsp3) is 0.467. The summed E-state index contributed by atoms with van der Waals surface area (Å²) in [7, 11) is 0. The highest BCUT2D eigenvalue weighted by molar-refractivity contribution is 5.90.